The van der Waals surface area contributed by atoms with Gasteiger partial charge >= 0.3 is 5.97 Å². The van der Waals surface area contributed by atoms with Crippen molar-refractivity contribution in [2.75, 3.05) is 11.9 Å². The number of carbonyl (C=O) groups excluding carboxylic acids is 2. The highest BCUT2D eigenvalue weighted by molar-refractivity contribution is 5.98. The predicted molar refractivity (Wildman–Crippen MR) is 86.4 cm³/mol. The second kappa shape index (κ2) is 6.81. The molecular weight excluding hydrogens is 296 g/mol. The van der Waals surface area contributed by atoms with Crippen molar-refractivity contribution in [2.45, 2.75) is 39.5 Å². The first kappa shape index (κ1) is 17.0. The van der Waals surface area contributed by atoms with Crippen molar-refractivity contribution in [1.82, 2.24) is 5.32 Å². The van der Waals surface area contributed by atoms with Crippen LogP contribution >= 0.6 is 0 Å². The molecule has 0 saturated carbocycles. The van der Waals surface area contributed by atoms with E-state index < -0.39 is 11.4 Å². The number of aliphatic carboxylic acids is 1. The molecule has 1 aliphatic heterocycles. The molecule has 23 heavy (non-hydrogen) atoms. The van der Waals surface area contributed by atoms with Crippen LogP contribution in [0.25, 0.3) is 0 Å². The molecular formula is C17H22N2O4. The molecule has 0 unspecified atom stereocenters. The molecule has 1 aromatic rings. The summed E-state index contributed by atoms with van der Waals surface area (Å²) < 4.78 is 0. The normalized spacial score (nSPS) is 13.9. The minimum Gasteiger partial charge on any atom is -0.481 e. The fourth-order valence-electron chi connectivity index (χ4n) is 2.75. The monoisotopic (exact) mass is 318 g/mol. The molecule has 0 atom stereocenters. The second-order valence-electron chi connectivity index (χ2n) is 5.90. The van der Waals surface area contributed by atoms with Gasteiger partial charge in [0.15, 0.2) is 0 Å². The van der Waals surface area contributed by atoms with Gasteiger partial charge in [-0.15, -0.1) is 0 Å². The molecule has 1 aromatic carbocycles. The Morgan fingerprint density at radius 2 is 1.96 bits per heavy atom. The summed E-state index contributed by atoms with van der Waals surface area (Å²) >= 11 is 0. The number of hydrogen-bond acceptors (Lipinski definition) is 3. The number of aryl methyl sites for hydroxylation is 1. The molecule has 1 heterocycles. The van der Waals surface area contributed by atoms with E-state index in [4.69, 9.17) is 0 Å². The summed E-state index contributed by atoms with van der Waals surface area (Å²) in [5, 5.41) is 14.9. The van der Waals surface area contributed by atoms with Gasteiger partial charge in [0, 0.05) is 24.2 Å². The lowest BCUT2D eigenvalue weighted by Gasteiger charge is -2.27. The second-order valence-corrected chi connectivity index (χ2v) is 5.90. The number of nitrogens with one attached hydrogen (secondary N) is 2. The van der Waals surface area contributed by atoms with Crippen LogP contribution in [0.3, 0.4) is 0 Å². The largest absolute Gasteiger partial charge is 0.481 e. The fraction of sp³-hybridized carbons (Fsp3) is 0.471. The molecule has 3 N–H and O–H groups in total. The number of amides is 2. The zero-order chi connectivity index (χ0) is 17.0. The van der Waals surface area contributed by atoms with Gasteiger partial charge in [-0.2, -0.15) is 0 Å². The van der Waals surface area contributed by atoms with Crippen molar-refractivity contribution in [2.24, 2.45) is 5.41 Å². The number of benzene rings is 1. The van der Waals surface area contributed by atoms with Gasteiger partial charge in [-0.1, -0.05) is 13.8 Å². The van der Waals surface area contributed by atoms with E-state index in [9.17, 15) is 19.5 Å². The smallest absolute Gasteiger partial charge is 0.311 e. The standard InChI is InChI=1S/C17H22N2O4/c1-3-17(4-2,16(22)23)10-18-15(21)12-5-7-13-11(9-12)6-8-14(20)19-13/h5,7,9H,3-4,6,8,10H2,1-2H3,(H,18,21)(H,19,20)(H,22,23). The minimum absolute atomic E-state index is 0.0214. The van der Waals surface area contributed by atoms with E-state index in [0.717, 1.165) is 11.3 Å². The number of anilines is 1. The summed E-state index contributed by atoms with van der Waals surface area (Å²) in [5.74, 6) is -1.21. The summed E-state index contributed by atoms with van der Waals surface area (Å²) in [6.45, 7) is 3.72. The zero-order valence-electron chi connectivity index (χ0n) is 13.4. The molecule has 0 fully saturated rings. The van der Waals surface area contributed by atoms with E-state index in [1.54, 1.807) is 18.2 Å². The van der Waals surface area contributed by atoms with Crippen molar-refractivity contribution in [1.29, 1.82) is 0 Å². The Bertz CT molecular complexity index is 635. The molecule has 0 bridgehead atoms. The van der Waals surface area contributed by atoms with E-state index in [2.05, 4.69) is 10.6 Å². The number of carboxylic acids is 1. The van der Waals surface area contributed by atoms with Gasteiger partial charge in [0.2, 0.25) is 5.91 Å². The molecule has 6 heteroatoms. The third-order valence-corrected chi connectivity index (χ3v) is 4.66. The topological polar surface area (TPSA) is 95.5 Å². The van der Waals surface area contributed by atoms with Crippen molar-refractivity contribution >= 4 is 23.5 Å². The lowest BCUT2D eigenvalue weighted by molar-refractivity contribution is -0.149. The van der Waals surface area contributed by atoms with Crippen LogP contribution in [0.15, 0.2) is 18.2 Å². The molecule has 2 amide bonds. The highest BCUT2D eigenvalue weighted by Crippen LogP contribution is 2.26. The first-order chi connectivity index (χ1) is 10.9. The van der Waals surface area contributed by atoms with E-state index >= 15 is 0 Å². The Kier molecular flexibility index (Phi) is 5.03. The molecule has 0 spiro atoms. The fourth-order valence-corrected chi connectivity index (χ4v) is 2.75. The number of carboxylic acid groups (broad SMARTS) is 1. The van der Waals surface area contributed by atoms with E-state index in [1.807, 2.05) is 13.8 Å². The average Bonchev–Trinajstić information content (AvgIpc) is 2.55. The number of carbonyl (C=O) groups is 3. The van der Waals surface area contributed by atoms with Crippen LogP contribution in [0.5, 0.6) is 0 Å². The van der Waals surface area contributed by atoms with Gasteiger partial charge in [0.1, 0.15) is 0 Å². The first-order valence-corrected chi connectivity index (χ1v) is 7.86. The lowest BCUT2D eigenvalue weighted by Crippen LogP contribution is -2.42. The summed E-state index contributed by atoms with van der Waals surface area (Å²) in [5.41, 5.74) is 1.21. The lowest BCUT2D eigenvalue weighted by atomic mass is 9.82. The number of fused-ring (bicyclic) bond motifs is 1. The maximum absolute atomic E-state index is 12.3. The van der Waals surface area contributed by atoms with Crippen LogP contribution in [0.4, 0.5) is 5.69 Å². The quantitative estimate of drug-likeness (QED) is 0.749. The molecule has 0 aromatic heterocycles. The summed E-state index contributed by atoms with van der Waals surface area (Å²) in [6, 6.07) is 5.11. The van der Waals surface area contributed by atoms with Crippen molar-refractivity contribution in [3.63, 3.8) is 0 Å². The Labute approximate surface area is 135 Å². The Morgan fingerprint density at radius 1 is 1.26 bits per heavy atom. The predicted octanol–water partition coefficient (Wildman–Crippen LogP) is 2.19. The summed E-state index contributed by atoms with van der Waals surface area (Å²) in [7, 11) is 0. The highest BCUT2D eigenvalue weighted by atomic mass is 16.4. The molecule has 0 saturated heterocycles. The zero-order valence-corrected chi connectivity index (χ0v) is 13.4. The Hall–Kier alpha value is -2.37. The minimum atomic E-state index is -0.933. The molecule has 6 nitrogen and oxygen atoms in total. The van der Waals surface area contributed by atoms with Gasteiger partial charge < -0.3 is 15.7 Å². The molecule has 0 radical (unpaired) electrons. The van der Waals surface area contributed by atoms with Gasteiger partial charge in [0.25, 0.3) is 5.91 Å². The van der Waals surface area contributed by atoms with Crippen LogP contribution in [-0.4, -0.2) is 29.4 Å². The first-order valence-electron chi connectivity index (χ1n) is 7.86. The highest BCUT2D eigenvalue weighted by Gasteiger charge is 2.35. The SMILES string of the molecule is CCC(CC)(CNC(=O)c1ccc2c(c1)CCC(=O)N2)C(=O)O. The average molecular weight is 318 g/mol. The van der Waals surface area contributed by atoms with E-state index in [-0.39, 0.29) is 18.4 Å². The Morgan fingerprint density at radius 3 is 2.57 bits per heavy atom. The summed E-state index contributed by atoms with van der Waals surface area (Å²) in [6.07, 6.45) is 1.92. The van der Waals surface area contributed by atoms with Gasteiger partial charge in [-0.25, -0.2) is 0 Å². The molecule has 2 rings (SSSR count). The molecule has 124 valence electrons. The van der Waals surface area contributed by atoms with Gasteiger partial charge in [-0.3, -0.25) is 14.4 Å². The maximum Gasteiger partial charge on any atom is 0.311 e. The number of rotatable bonds is 6. The maximum atomic E-state index is 12.3. The van der Waals surface area contributed by atoms with Crippen LogP contribution < -0.4 is 10.6 Å². The molecule has 1 aliphatic rings. The van der Waals surface area contributed by atoms with Crippen LogP contribution in [-0.2, 0) is 16.0 Å². The van der Waals surface area contributed by atoms with E-state index in [1.165, 1.54) is 0 Å². The van der Waals surface area contributed by atoms with E-state index in [0.29, 0.717) is 31.2 Å². The van der Waals surface area contributed by atoms with Crippen LogP contribution in [0, 0.1) is 5.41 Å². The van der Waals surface area contributed by atoms with Crippen LogP contribution in [0.1, 0.15) is 49.0 Å². The third-order valence-electron chi connectivity index (χ3n) is 4.66. The van der Waals surface area contributed by atoms with Crippen molar-refractivity contribution in [3.05, 3.63) is 29.3 Å². The van der Waals surface area contributed by atoms with Crippen molar-refractivity contribution in [3.8, 4) is 0 Å². The number of hydrogen-bond donors (Lipinski definition) is 3. The van der Waals surface area contributed by atoms with Gasteiger partial charge in [-0.05, 0) is 43.0 Å². The van der Waals surface area contributed by atoms with Gasteiger partial charge in [0.05, 0.1) is 5.41 Å². The molecule has 0 aliphatic carbocycles. The third kappa shape index (κ3) is 3.52. The Balaban J connectivity index is 2.09. The summed E-state index contributed by atoms with van der Waals surface area (Å²) in [4.78, 5) is 35.1. The van der Waals surface area contributed by atoms with Crippen molar-refractivity contribution < 1.29 is 19.5 Å². The van der Waals surface area contributed by atoms with Crippen LogP contribution in [0.2, 0.25) is 0 Å².